The van der Waals surface area contributed by atoms with Gasteiger partial charge in [0.25, 0.3) is 0 Å². The molecule has 0 spiro atoms. The van der Waals surface area contributed by atoms with Gasteiger partial charge in [0.05, 0.1) is 25.0 Å². The molecule has 0 radical (unpaired) electrons. The van der Waals surface area contributed by atoms with Crippen LogP contribution in [0, 0.1) is 0 Å². The van der Waals surface area contributed by atoms with Crippen LogP contribution in [0.2, 0.25) is 0 Å². The predicted octanol–water partition coefficient (Wildman–Crippen LogP) is 5.78. The summed E-state index contributed by atoms with van der Waals surface area (Å²) in [7, 11) is 0. The molecular weight excluding hydrogens is 308 g/mol. The van der Waals surface area contributed by atoms with Crippen LogP contribution in [-0.2, 0) is 0 Å². The maximum Gasteiger partial charge on any atom is 0.0989 e. The SMILES string of the molecule is CCCCCCCCCCCCCCC=CCC1CN=C(CCO)N1. The number of unbranched alkanes of at least 4 members (excludes halogenated alkanes) is 12. The zero-order valence-corrected chi connectivity index (χ0v) is 16.6. The van der Waals surface area contributed by atoms with Gasteiger partial charge in [0, 0.05) is 6.42 Å². The number of allylic oxidation sites excluding steroid dienone is 1. The molecule has 0 saturated heterocycles. The number of nitrogens with one attached hydrogen (secondary N) is 1. The van der Waals surface area contributed by atoms with Gasteiger partial charge in [-0.3, -0.25) is 4.99 Å². The molecule has 0 saturated carbocycles. The van der Waals surface area contributed by atoms with Gasteiger partial charge in [0.15, 0.2) is 0 Å². The normalized spacial score (nSPS) is 17.2. The average molecular weight is 351 g/mol. The molecule has 0 amide bonds. The lowest BCUT2D eigenvalue weighted by molar-refractivity contribution is 0.306. The fourth-order valence-corrected chi connectivity index (χ4v) is 3.42. The van der Waals surface area contributed by atoms with Gasteiger partial charge >= 0.3 is 0 Å². The summed E-state index contributed by atoms with van der Waals surface area (Å²) in [6.07, 6.45) is 24.6. The molecule has 0 aliphatic carbocycles. The van der Waals surface area contributed by atoms with Crippen molar-refractivity contribution in [3.63, 3.8) is 0 Å². The number of hydrogen-bond donors (Lipinski definition) is 2. The van der Waals surface area contributed by atoms with Gasteiger partial charge in [-0.1, -0.05) is 89.7 Å². The first-order chi connectivity index (χ1) is 12.4. The molecule has 0 aromatic carbocycles. The van der Waals surface area contributed by atoms with Gasteiger partial charge in [-0.2, -0.15) is 0 Å². The first-order valence-electron chi connectivity index (χ1n) is 10.9. The maximum absolute atomic E-state index is 8.90. The summed E-state index contributed by atoms with van der Waals surface area (Å²) >= 11 is 0. The number of aliphatic hydroxyl groups excluding tert-OH is 1. The molecular formula is C22H42N2O. The Labute approximate surface area is 156 Å². The molecule has 0 aromatic heterocycles. The van der Waals surface area contributed by atoms with E-state index in [1.165, 1.54) is 83.5 Å². The highest BCUT2D eigenvalue weighted by Crippen LogP contribution is 2.12. The number of aliphatic hydroxyl groups is 1. The Morgan fingerprint density at radius 3 is 2.12 bits per heavy atom. The van der Waals surface area contributed by atoms with Crippen LogP contribution < -0.4 is 5.32 Å². The van der Waals surface area contributed by atoms with E-state index in [0.717, 1.165) is 18.8 Å². The summed E-state index contributed by atoms with van der Waals surface area (Å²) in [6.45, 7) is 3.33. The minimum absolute atomic E-state index is 0.188. The van der Waals surface area contributed by atoms with Gasteiger partial charge in [-0.05, 0) is 19.3 Å². The summed E-state index contributed by atoms with van der Waals surface area (Å²) < 4.78 is 0. The van der Waals surface area contributed by atoms with Crippen molar-refractivity contribution in [1.29, 1.82) is 0 Å². The Kier molecular flexibility index (Phi) is 14.8. The van der Waals surface area contributed by atoms with E-state index in [2.05, 4.69) is 29.4 Å². The fraction of sp³-hybridized carbons (Fsp3) is 0.864. The Morgan fingerprint density at radius 1 is 0.920 bits per heavy atom. The first-order valence-corrected chi connectivity index (χ1v) is 10.9. The molecule has 1 aliphatic heterocycles. The molecule has 2 N–H and O–H groups in total. The highest BCUT2D eigenvalue weighted by atomic mass is 16.3. The summed E-state index contributed by atoms with van der Waals surface area (Å²) in [5, 5.41) is 12.3. The lowest BCUT2D eigenvalue weighted by Gasteiger charge is -2.08. The van der Waals surface area contributed by atoms with Crippen molar-refractivity contribution in [2.45, 2.75) is 109 Å². The minimum Gasteiger partial charge on any atom is -0.396 e. The zero-order valence-electron chi connectivity index (χ0n) is 16.6. The summed E-state index contributed by atoms with van der Waals surface area (Å²) in [5.74, 6) is 0.974. The van der Waals surface area contributed by atoms with Crippen molar-refractivity contribution in [1.82, 2.24) is 5.32 Å². The standard InChI is InChI=1S/C22H42N2O/c1-2-3-4-5-6-7-8-9-10-11-12-13-14-15-16-17-21-20-23-22(24-21)18-19-25/h15-16,21,25H,2-14,17-20H2,1H3,(H,23,24). The Bertz CT molecular complexity index is 352. The van der Waals surface area contributed by atoms with E-state index < -0.39 is 0 Å². The third-order valence-corrected chi connectivity index (χ3v) is 5.03. The van der Waals surface area contributed by atoms with Crippen LogP contribution in [0.1, 0.15) is 103 Å². The molecule has 1 rings (SSSR count). The molecule has 146 valence electrons. The molecule has 3 heteroatoms. The van der Waals surface area contributed by atoms with Gasteiger partial charge < -0.3 is 10.4 Å². The van der Waals surface area contributed by atoms with Crippen molar-refractivity contribution in [2.75, 3.05) is 13.2 Å². The number of amidine groups is 1. The molecule has 0 fully saturated rings. The van der Waals surface area contributed by atoms with Gasteiger partial charge in [0.2, 0.25) is 0 Å². The predicted molar refractivity (Wildman–Crippen MR) is 110 cm³/mol. The molecule has 1 atom stereocenters. The van der Waals surface area contributed by atoms with Crippen molar-refractivity contribution in [3.05, 3.63) is 12.2 Å². The number of nitrogens with zero attached hydrogens (tertiary/aromatic N) is 1. The average Bonchev–Trinajstić information content (AvgIpc) is 3.06. The van der Waals surface area contributed by atoms with Gasteiger partial charge in [0.1, 0.15) is 0 Å². The van der Waals surface area contributed by atoms with E-state index in [4.69, 9.17) is 5.11 Å². The second-order valence-corrected chi connectivity index (χ2v) is 7.49. The van der Waals surface area contributed by atoms with Crippen LogP contribution in [0.15, 0.2) is 17.1 Å². The monoisotopic (exact) mass is 350 g/mol. The van der Waals surface area contributed by atoms with Crippen LogP contribution in [0.5, 0.6) is 0 Å². The second kappa shape index (κ2) is 16.6. The third kappa shape index (κ3) is 13.1. The lowest BCUT2D eigenvalue weighted by atomic mass is 10.0. The van der Waals surface area contributed by atoms with Crippen LogP contribution >= 0.6 is 0 Å². The Balaban J connectivity index is 1.77. The van der Waals surface area contributed by atoms with E-state index in [9.17, 15) is 0 Å². The minimum atomic E-state index is 0.188. The van der Waals surface area contributed by atoms with Crippen molar-refractivity contribution >= 4 is 5.84 Å². The van der Waals surface area contributed by atoms with Crippen LogP contribution in [0.25, 0.3) is 0 Å². The number of aliphatic imine (C=N–C) groups is 1. The highest BCUT2D eigenvalue weighted by molar-refractivity contribution is 5.84. The quantitative estimate of drug-likeness (QED) is 0.258. The molecule has 0 bridgehead atoms. The van der Waals surface area contributed by atoms with E-state index >= 15 is 0 Å². The van der Waals surface area contributed by atoms with E-state index in [-0.39, 0.29) is 6.61 Å². The smallest absolute Gasteiger partial charge is 0.0989 e. The number of rotatable bonds is 17. The summed E-state index contributed by atoms with van der Waals surface area (Å²) in [6, 6.07) is 0.444. The van der Waals surface area contributed by atoms with Gasteiger partial charge in [-0.25, -0.2) is 0 Å². The zero-order chi connectivity index (χ0) is 18.0. The van der Waals surface area contributed by atoms with E-state index in [1.54, 1.807) is 0 Å². The van der Waals surface area contributed by atoms with Gasteiger partial charge in [-0.15, -0.1) is 0 Å². The van der Waals surface area contributed by atoms with Crippen LogP contribution in [-0.4, -0.2) is 30.1 Å². The van der Waals surface area contributed by atoms with Crippen molar-refractivity contribution < 1.29 is 5.11 Å². The molecule has 25 heavy (non-hydrogen) atoms. The van der Waals surface area contributed by atoms with Crippen LogP contribution in [0.4, 0.5) is 0 Å². The second-order valence-electron chi connectivity index (χ2n) is 7.49. The molecule has 1 unspecified atom stereocenters. The molecule has 0 aromatic rings. The van der Waals surface area contributed by atoms with E-state index in [0.29, 0.717) is 12.5 Å². The molecule has 1 aliphatic rings. The first kappa shape index (κ1) is 22.2. The summed E-state index contributed by atoms with van der Waals surface area (Å²) in [5.41, 5.74) is 0. The summed E-state index contributed by atoms with van der Waals surface area (Å²) in [4.78, 5) is 4.41. The highest BCUT2D eigenvalue weighted by Gasteiger charge is 2.14. The number of hydrogen-bond acceptors (Lipinski definition) is 3. The largest absolute Gasteiger partial charge is 0.396 e. The maximum atomic E-state index is 8.90. The fourth-order valence-electron chi connectivity index (χ4n) is 3.42. The van der Waals surface area contributed by atoms with E-state index in [1.807, 2.05) is 0 Å². The van der Waals surface area contributed by atoms with Crippen LogP contribution in [0.3, 0.4) is 0 Å². The topological polar surface area (TPSA) is 44.6 Å². The molecule has 3 nitrogen and oxygen atoms in total. The Hall–Kier alpha value is -0.830. The lowest BCUT2D eigenvalue weighted by Crippen LogP contribution is -2.29. The third-order valence-electron chi connectivity index (χ3n) is 5.03. The van der Waals surface area contributed by atoms with Crippen molar-refractivity contribution in [2.24, 2.45) is 4.99 Å². The Morgan fingerprint density at radius 2 is 1.52 bits per heavy atom. The van der Waals surface area contributed by atoms with Crippen molar-refractivity contribution in [3.8, 4) is 0 Å². The molecule has 1 heterocycles.